The molecule has 0 atom stereocenters. The van der Waals surface area contributed by atoms with Crippen LogP contribution in [-0.2, 0) is 6.42 Å². The van der Waals surface area contributed by atoms with Crippen LogP contribution >= 0.6 is 11.6 Å². The van der Waals surface area contributed by atoms with Crippen molar-refractivity contribution in [1.29, 1.82) is 0 Å². The Morgan fingerprint density at radius 2 is 2.08 bits per heavy atom. The Kier molecular flexibility index (Phi) is 3.54. The molecule has 0 bridgehead atoms. The van der Waals surface area contributed by atoms with Gasteiger partial charge in [-0.1, -0.05) is 17.7 Å². The SMILES string of the molecule is COc1cnc2ccc(Cc3nnc4c(F)cc(Cl)cn34)cc2c1. The minimum absolute atomic E-state index is 0.165. The summed E-state index contributed by atoms with van der Waals surface area (Å²) in [6, 6.07) is 9.05. The van der Waals surface area contributed by atoms with E-state index >= 15 is 0 Å². The van der Waals surface area contributed by atoms with Crippen LogP contribution in [0.15, 0.2) is 42.7 Å². The molecule has 24 heavy (non-hydrogen) atoms. The van der Waals surface area contributed by atoms with E-state index in [0.717, 1.165) is 16.5 Å². The second-order valence-corrected chi connectivity index (χ2v) is 5.83. The van der Waals surface area contributed by atoms with Gasteiger partial charge in [-0.3, -0.25) is 9.38 Å². The number of aromatic nitrogens is 4. The minimum Gasteiger partial charge on any atom is -0.495 e. The molecule has 0 fully saturated rings. The van der Waals surface area contributed by atoms with Gasteiger partial charge in [0.2, 0.25) is 0 Å². The van der Waals surface area contributed by atoms with Crippen molar-refractivity contribution in [2.75, 3.05) is 7.11 Å². The lowest BCUT2D eigenvalue weighted by atomic mass is 10.1. The summed E-state index contributed by atoms with van der Waals surface area (Å²) in [5.74, 6) is 0.816. The summed E-state index contributed by atoms with van der Waals surface area (Å²) in [7, 11) is 1.60. The molecule has 4 aromatic rings. The van der Waals surface area contributed by atoms with E-state index in [1.54, 1.807) is 23.9 Å². The molecule has 5 nitrogen and oxygen atoms in total. The predicted molar refractivity (Wildman–Crippen MR) is 89.1 cm³/mol. The summed E-state index contributed by atoms with van der Waals surface area (Å²) in [5.41, 5.74) is 2.05. The number of pyridine rings is 2. The number of hydrogen-bond donors (Lipinski definition) is 0. The van der Waals surface area contributed by atoms with Crippen LogP contribution in [0.2, 0.25) is 5.02 Å². The molecule has 7 heteroatoms. The Morgan fingerprint density at radius 1 is 1.21 bits per heavy atom. The Hall–Kier alpha value is -2.73. The van der Waals surface area contributed by atoms with Gasteiger partial charge in [0.05, 0.1) is 23.8 Å². The molecule has 0 radical (unpaired) electrons. The molecule has 1 aromatic carbocycles. The normalized spacial score (nSPS) is 11.3. The van der Waals surface area contributed by atoms with Crippen molar-refractivity contribution >= 4 is 28.2 Å². The lowest BCUT2D eigenvalue weighted by Crippen LogP contribution is -1.98. The van der Waals surface area contributed by atoms with E-state index in [0.29, 0.717) is 23.0 Å². The first kappa shape index (κ1) is 14.8. The summed E-state index contributed by atoms with van der Waals surface area (Å²) < 4.78 is 20.6. The summed E-state index contributed by atoms with van der Waals surface area (Å²) in [5, 5.41) is 9.23. The molecule has 0 spiro atoms. The summed E-state index contributed by atoms with van der Waals surface area (Å²) >= 11 is 5.93. The van der Waals surface area contributed by atoms with Crippen molar-refractivity contribution in [3.8, 4) is 5.75 Å². The number of ether oxygens (including phenoxy) is 1. The van der Waals surface area contributed by atoms with Crippen molar-refractivity contribution in [3.63, 3.8) is 0 Å². The van der Waals surface area contributed by atoms with Gasteiger partial charge in [-0.15, -0.1) is 10.2 Å². The average Bonchev–Trinajstić information content (AvgIpc) is 2.97. The Morgan fingerprint density at radius 3 is 2.92 bits per heavy atom. The second-order valence-electron chi connectivity index (χ2n) is 5.40. The van der Waals surface area contributed by atoms with Crippen molar-refractivity contribution in [2.45, 2.75) is 6.42 Å². The molecule has 0 aliphatic carbocycles. The standard InChI is InChI=1S/C17H12ClFN4O/c1-24-13-6-11-4-10(2-3-15(11)20-8-13)5-16-21-22-17-14(19)7-12(18)9-23(16)17/h2-4,6-9H,5H2,1H3. The number of benzene rings is 1. The second kappa shape index (κ2) is 5.72. The zero-order valence-electron chi connectivity index (χ0n) is 12.7. The molecule has 120 valence electrons. The van der Waals surface area contributed by atoms with E-state index in [1.165, 1.54) is 6.07 Å². The molecular weight excluding hydrogens is 331 g/mol. The number of fused-ring (bicyclic) bond motifs is 2. The van der Waals surface area contributed by atoms with E-state index < -0.39 is 5.82 Å². The van der Waals surface area contributed by atoms with Crippen LogP contribution in [0.25, 0.3) is 16.6 Å². The van der Waals surface area contributed by atoms with Crippen LogP contribution in [0.5, 0.6) is 5.75 Å². The molecule has 0 N–H and O–H groups in total. The van der Waals surface area contributed by atoms with Crippen molar-refractivity contribution in [1.82, 2.24) is 19.6 Å². The molecule has 0 saturated carbocycles. The summed E-state index contributed by atoms with van der Waals surface area (Å²) in [6.07, 6.45) is 3.79. The molecule has 0 aliphatic heterocycles. The van der Waals surface area contributed by atoms with E-state index in [9.17, 15) is 4.39 Å². The third-order valence-electron chi connectivity index (χ3n) is 3.82. The van der Waals surface area contributed by atoms with Gasteiger partial charge in [0, 0.05) is 18.0 Å². The van der Waals surface area contributed by atoms with Gasteiger partial charge < -0.3 is 4.74 Å². The Balaban J connectivity index is 1.76. The highest BCUT2D eigenvalue weighted by atomic mass is 35.5. The molecule has 3 heterocycles. The first-order valence-corrected chi connectivity index (χ1v) is 7.63. The number of methoxy groups -OCH3 is 1. The monoisotopic (exact) mass is 342 g/mol. The molecule has 0 aliphatic rings. The summed E-state index contributed by atoms with van der Waals surface area (Å²) in [4.78, 5) is 4.34. The predicted octanol–water partition coefficient (Wildman–Crippen LogP) is 3.67. The molecular formula is C17H12ClFN4O. The fourth-order valence-corrected chi connectivity index (χ4v) is 2.85. The maximum absolute atomic E-state index is 13.9. The Bertz CT molecular complexity index is 1060. The molecule has 0 saturated heterocycles. The van der Waals surface area contributed by atoms with Crippen molar-refractivity contribution in [2.24, 2.45) is 0 Å². The molecule has 0 amide bonds. The summed E-state index contributed by atoms with van der Waals surface area (Å²) in [6.45, 7) is 0. The Labute approximate surface area is 141 Å². The van der Waals surface area contributed by atoms with Crippen molar-refractivity contribution in [3.05, 3.63) is 65.0 Å². The molecule has 3 aromatic heterocycles. The highest BCUT2D eigenvalue weighted by Gasteiger charge is 2.12. The highest BCUT2D eigenvalue weighted by molar-refractivity contribution is 6.30. The van der Waals surface area contributed by atoms with Gasteiger partial charge in [-0.05, 0) is 29.8 Å². The number of nitrogens with zero attached hydrogens (tertiary/aromatic N) is 4. The topological polar surface area (TPSA) is 52.3 Å². The van der Waals surface area contributed by atoms with Crippen LogP contribution in [0.3, 0.4) is 0 Å². The van der Waals surface area contributed by atoms with Gasteiger partial charge in [0.1, 0.15) is 11.6 Å². The first-order valence-electron chi connectivity index (χ1n) is 7.25. The molecule has 0 unspecified atom stereocenters. The van der Waals surface area contributed by atoms with E-state index in [1.807, 2.05) is 24.3 Å². The van der Waals surface area contributed by atoms with Gasteiger partial charge in [-0.25, -0.2) is 4.39 Å². The smallest absolute Gasteiger partial charge is 0.197 e. The van der Waals surface area contributed by atoms with Crippen LogP contribution in [0.1, 0.15) is 11.4 Å². The van der Waals surface area contributed by atoms with E-state index in [4.69, 9.17) is 16.3 Å². The lowest BCUT2D eigenvalue weighted by Gasteiger charge is -2.05. The lowest BCUT2D eigenvalue weighted by molar-refractivity contribution is 0.414. The number of hydrogen-bond acceptors (Lipinski definition) is 4. The zero-order chi connectivity index (χ0) is 16.7. The first-order chi connectivity index (χ1) is 11.6. The van der Waals surface area contributed by atoms with Gasteiger partial charge in [-0.2, -0.15) is 0 Å². The third kappa shape index (κ3) is 2.55. The maximum Gasteiger partial charge on any atom is 0.197 e. The minimum atomic E-state index is -0.492. The van der Waals surface area contributed by atoms with Gasteiger partial charge >= 0.3 is 0 Å². The van der Waals surface area contributed by atoms with Crippen molar-refractivity contribution < 1.29 is 9.13 Å². The largest absolute Gasteiger partial charge is 0.495 e. The molecule has 4 rings (SSSR count). The fraction of sp³-hybridized carbons (Fsp3) is 0.118. The van der Waals surface area contributed by atoms with Crippen LogP contribution in [-0.4, -0.2) is 26.7 Å². The third-order valence-corrected chi connectivity index (χ3v) is 4.02. The average molecular weight is 343 g/mol. The maximum atomic E-state index is 13.9. The van der Waals surface area contributed by atoms with E-state index in [2.05, 4.69) is 15.2 Å². The number of halogens is 2. The van der Waals surface area contributed by atoms with Crippen LogP contribution in [0.4, 0.5) is 4.39 Å². The van der Waals surface area contributed by atoms with Crippen LogP contribution in [0, 0.1) is 5.82 Å². The fourth-order valence-electron chi connectivity index (χ4n) is 2.65. The zero-order valence-corrected chi connectivity index (χ0v) is 13.5. The quantitative estimate of drug-likeness (QED) is 0.570. The van der Waals surface area contributed by atoms with E-state index in [-0.39, 0.29) is 5.65 Å². The van der Waals surface area contributed by atoms with Gasteiger partial charge in [0.15, 0.2) is 11.5 Å². The van der Waals surface area contributed by atoms with Crippen LogP contribution < -0.4 is 4.74 Å². The van der Waals surface area contributed by atoms with Gasteiger partial charge in [0.25, 0.3) is 0 Å². The number of rotatable bonds is 3. The highest BCUT2D eigenvalue weighted by Crippen LogP contribution is 2.22.